The number of ether oxygens (including phenoxy) is 1. The lowest BCUT2D eigenvalue weighted by atomic mass is 10.1. The predicted molar refractivity (Wildman–Crippen MR) is 131 cm³/mol. The smallest absolute Gasteiger partial charge is 0.237 e. The molecule has 2 aromatic rings. The molecule has 1 atom stereocenters. The van der Waals surface area contributed by atoms with Gasteiger partial charge in [0.2, 0.25) is 5.91 Å². The first-order valence-corrected chi connectivity index (χ1v) is 14.0. The third kappa shape index (κ3) is 5.62. The van der Waals surface area contributed by atoms with Crippen molar-refractivity contribution in [2.45, 2.75) is 32.0 Å². The Kier molecular flexibility index (Phi) is 6.90. The summed E-state index contributed by atoms with van der Waals surface area (Å²) in [7, 11) is -3.06. The molecule has 2 fully saturated rings. The summed E-state index contributed by atoms with van der Waals surface area (Å²) in [6.45, 7) is 5.99. The van der Waals surface area contributed by atoms with Crippen LogP contribution in [0.4, 0.5) is 0 Å². The van der Waals surface area contributed by atoms with Crippen LogP contribution in [0.3, 0.4) is 0 Å². The first kappa shape index (κ1) is 23.3. The van der Waals surface area contributed by atoms with Crippen molar-refractivity contribution in [3.8, 4) is 5.75 Å². The molecule has 0 radical (unpaired) electrons. The van der Waals surface area contributed by atoms with Gasteiger partial charge in [0.15, 0.2) is 9.84 Å². The van der Waals surface area contributed by atoms with Gasteiger partial charge in [0.1, 0.15) is 5.75 Å². The van der Waals surface area contributed by atoms with E-state index in [0.29, 0.717) is 19.5 Å². The fourth-order valence-electron chi connectivity index (χ4n) is 5.21. The van der Waals surface area contributed by atoms with E-state index in [1.54, 1.807) is 4.90 Å². The van der Waals surface area contributed by atoms with Gasteiger partial charge in [-0.1, -0.05) is 42.5 Å². The van der Waals surface area contributed by atoms with Crippen molar-refractivity contribution in [1.29, 1.82) is 0 Å². The summed E-state index contributed by atoms with van der Waals surface area (Å²) in [5, 5.41) is 0. The second-order valence-electron chi connectivity index (χ2n) is 9.66. The Labute approximate surface area is 202 Å². The third-order valence-corrected chi connectivity index (χ3v) is 8.90. The van der Waals surface area contributed by atoms with Crippen molar-refractivity contribution in [2.24, 2.45) is 0 Å². The third-order valence-electron chi connectivity index (χ3n) is 7.15. The van der Waals surface area contributed by atoms with E-state index in [1.165, 1.54) is 11.1 Å². The normalized spacial score (nSPS) is 22.3. The fourth-order valence-corrected chi connectivity index (χ4v) is 6.94. The van der Waals surface area contributed by atoms with Crippen LogP contribution in [0.1, 0.15) is 23.1 Å². The van der Waals surface area contributed by atoms with Crippen molar-refractivity contribution < 1.29 is 17.9 Å². The minimum absolute atomic E-state index is 0.0259. The maximum atomic E-state index is 13.4. The number of carbonyl (C=O) groups is 1. The van der Waals surface area contributed by atoms with Gasteiger partial charge in [0.25, 0.3) is 0 Å². The van der Waals surface area contributed by atoms with Gasteiger partial charge in [-0.3, -0.25) is 14.6 Å². The second kappa shape index (κ2) is 10.1. The van der Waals surface area contributed by atoms with Crippen LogP contribution in [0.15, 0.2) is 48.5 Å². The number of rotatable bonds is 7. The topological polar surface area (TPSA) is 70.2 Å². The second-order valence-corrected chi connectivity index (χ2v) is 11.9. The van der Waals surface area contributed by atoms with Crippen molar-refractivity contribution in [2.75, 3.05) is 50.8 Å². The maximum absolute atomic E-state index is 13.4. The summed E-state index contributed by atoms with van der Waals surface area (Å²) in [5.74, 6) is 1.29. The molecular formula is C26H33N3O4S. The van der Waals surface area contributed by atoms with E-state index >= 15 is 0 Å². The number of benzene rings is 2. The van der Waals surface area contributed by atoms with Crippen molar-refractivity contribution in [1.82, 2.24) is 14.7 Å². The lowest BCUT2D eigenvalue weighted by molar-refractivity contribution is -0.135. The number of hydrogen-bond acceptors (Lipinski definition) is 6. The number of carbonyl (C=O) groups excluding carboxylic acids is 1. The Hall–Kier alpha value is -2.42. The van der Waals surface area contributed by atoms with Gasteiger partial charge in [-0.05, 0) is 29.2 Å². The number of hydrogen-bond donors (Lipinski definition) is 0. The molecule has 8 heteroatoms. The van der Waals surface area contributed by atoms with E-state index in [2.05, 4.69) is 28.0 Å². The lowest BCUT2D eigenvalue weighted by Crippen LogP contribution is -2.51. The summed E-state index contributed by atoms with van der Waals surface area (Å²) in [5.41, 5.74) is 3.64. The Balaban J connectivity index is 1.17. The van der Waals surface area contributed by atoms with Crippen LogP contribution in [0.2, 0.25) is 0 Å². The van der Waals surface area contributed by atoms with E-state index in [0.717, 1.165) is 57.1 Å². The quantitative estimate of drug-likeness (QED) is 0.600. The van der Waals surface area contributed by atoms with Crippen LogP contribution in [-0.2, 0) is 34.1 Å². The largest absolute Gasteiger partial charge is 0.493 e. The molecule has 1 amide bonds. The van der Waals surface area contributed by atoms with Gasteiger partial charge >= 0.3 is 0 Å². The first-order valence-electron chi connectivity index (χ1n) is 12.2. The zero-order valence-corrected chi connectivity index (χ0v) is 20.4. The molecule has 0 bridgehead atoms. The number of fused-ring (bicyclic) bond motifs is 1. The van der Waals surface area contributed by atoms with Gasteiger partial charge in [-0.15, -0.1) is 0 Å². The predicted octanol–water partition coefficient (Wildman–Crippen LogP) is 1.95. The molecular weight excluding hydrogens is 450 g/mol. The minimum Gasteiger partial charge on any atom is -0.493 e. The highest BCUT2D eigenvalue weighted by molar-refractivity contribution is 7.91. The molecule has 3 heterocycles. The molecule has 2 saturated heterocycles. The number of sulfone groups is 1. The average Bonchev–Trinajstić information content (AvgIpc) is 3.44. The minimum atomic E-state index is -3.06. The molecule has 0 saturated carbocycles. The van der Waals surface area contributed by atoms with Crippen molar-refractivity contribution in [3.05, 3.63) is 65.2 Å². The number of amides is 1. The summed E-state index contributed by atoms with van der Waals surface area (Å²) in [6.07, 6.45) is 1.52. The molecule has 182 valence electrons. The average molecular weight is 484 g/mol. The maximum Gasteiger partial charge on any atom is 0.237 e. The Morgan fingerprint density at radius 3 is 2.50 bits per heavy atom. The molecule has 3 aliphatic heterocycles. The Morgan fingerprint density at radius 1 is 1.00 bits per heavy atom. The monoisotopic (exact) mass is 483 g/mol. The highest BCUT2D eigenvalue weighted by Crippen LogP contribution is 2.26. The van der Waals surface area contributed by atoms with Gasteiger partial charge in [0.05, 0.1) is 24.7 Å². The van der Waals surface area contributed by atoms with Crippen molar-refractivity contribution >= 4 is 15.7 Å². The first-order chi connectivity index (χ1) is 16.4. The molecule has 34 heavy (non-hydrogen) atoms. The van der Waals surface area contributed by atoms with Crippen LogP contribution < -0.4 is 4.74 Å². The molecule has 7 nitrogen and oxygen atoms in total. The highest BCUT2D eigenvalue weighted by Gasteiger charge is 2.35. The summed E-state index contributed by atoms with van der Waals surface area (Å²) in [4.78, 5) is 19.8. The molecule has 0 unspecified atom stereocenters. The van der Waals surface area contributed by atoms with E-state index in [9.17, 15) is 13.2 Å². The highest BCUT2D eigenvalue weighted by atomic mass is 32.2. The lowest BCUT2D eigenvalue weighted by Gasteiger charge is -2.36. The standard InChI is InChI=1S/C26H33N3O4S/c30-26(29(18-21-4-2-1-3-5-21)24-9-15-34(31,32)20-24)19-28-12-10-27(11-13-28)17-22-6-7-25-23(16-22)8-14-33-25/h1-7,16,24H,8-15,17-20H2/t24-/m1/s1. The SMILES string of the molecule is O=C(CN1CCN(Cc2ccc3c(c2)CCO3)CC1)N(Cc1ccccc1)[C@@H]1CCS(=O)(=O)C1. The van der Waals surface area contributed by atoms with E-state index in [1.807, 2.05) is 30.3 Å². The summed E-state index contributed by atoms with van der Waals surface area (Å²) in [6, 6.07) is 16.1. The number of piperazine rings is 1. The van der Waals surface area contributed by atoms with E-state index in [4.69, 9.17) is 4.74 Å². The summed E-state index contributed by atoms with van der Waals surface area (Å²) < 4.78 is 29.8. The molecule has 5 rings (SSSR count). The van der Waals surface area contributed by atoms with Crippen LogP contribution in [0.25, 0.3) is 0 Å². The Bertz CT molecular complexity index is 1110. The summed E-state index contributed by atoms with van der Waals surface area (Å²) >= 11 is 0. The molecule has 0 spiro atoms. The molecule has 2 aromatic carbocycles. The molecule has 0 N–H and O–H groups in total. The zero-order chi connectivity index (χ0) is 23.5. The molecule has 0 aromatic heterocycles. The van der Waals surface area contributed by atoms with Crippen LogP contribution in [-0.4, -0.2) is 85.9 Å². The number of nitrogens with zero attached hydrogens (tertiary/aromatic N) is 3. The van der Waals surface area contributed by atoms with Crippen LogP contribution in [0, 0.1) is 0 Å². The van der Waals surface area contributed by atoms with Gasteiger partial charge < -0.3 is 9.64 Å². The van der Waals surface area contributed by atoms with Gasteiger partial charge in [-0.2, -0.15) is 0 Å². The van der Waals surface area contributed by atoms with Crippen LogP contribution in [0.5, 0.6) is 5.75 Å². The van der Waals surface area contributed by atoms with Gasteiger partial charge in [-0.25, -0.2) is 8.42 Å². The Morgan fingerprint density at radius 2 is 1.76 bits per heavy atom. The zero-order valence-electron chi connectivity index (χ0n) is 19.6. The fraction of sp³-hybridized carbons (Fsp3) is 0.500. The van der Waals surface area contributed by atoms with Crippen molar-refractivity contribution in [3.63, 3.8) is 0 Å². The van der Waals surface area contributed by atoms with Crippen LogP contribution >= 0.6 is 0 Å². The van der Waals surface area contributed by atoms with E-state index < -0.39 is 9.84 Å². The van der Waals surface area contributed by atoms with E-state index in [-0.39, 0.29) is 23.5 Å². The molecule has 0 aliphatic carbocycles. The molecule has 3 aliphatic rings. The van der Waals surface area contributed by atoms with Gasteiger partial charge in [0, 0.05) is 51.7 Å².